The number of hydrogen-bond donors (Lipinski definition) is 0. The van der Waals surface area contributed by atoms with Crippen LogP contribution in [0.3, 0.4) is 0 Å². The topological polar surface area (TPSA) is 85.0 Å². The normalized spacial score (nSPS) is 15.2. The summed E-state index contributed by atoms with van der Waals surface area (Å²) in [5, 5.41) is 8.27. The van der Waals surface area contributed by atoms with Crippen molar-refractivity contribution in [2.75, 3.05) is 13.1 Å². The minimum absolute atomic E-state index is 0.0743. The van der Waals surface area contributed by atoms with Crippen molar-refractivity contribution in [1.82, 2.24) is 25.1 Å². The summed E-state index contributed by atoms with van der Waals surface area (Å²) in [7, 11) is 0. The minimum Gasteiger partial charge on any atom is -0.419 e. The Balaban J connectivity index is 1.41. The van der Waals surface area contributed by atoms with Crippen molar-refractivity contribution in [3.05, 3.63) is 59.9 Å². The van der Waals surface area contributed by atoms with Gasteiger partial charge in [-0.05, 0) is 31.9 Å². The number of nitrogens with zero attached hydrogens (tertiary/aromatic N) is 5. The maximum absolute atomic E-state index is 12.5. The van der Waals surface area contributed by atoms with E-state index in [2.05, 4.69) is 20.2 Å². The first kappa shape index (κ1) is 16.4. The fourth-order valence-electron chi connectivity index (χ4n) is 3.10. The Morgan fingerprint density at radius 1 is 1.08 bits per heavy atom. The molecule has 3 heterocycles. The van der Waals surface area contributed by atoms with Gasteiger partial charge in [0, 0.05) is 30.8 Å². The molecule has 1 aromatic carbocycles. The Hall–Kier alpha value is -3.09. The van der Waals surface area contributed by atoms with Crippen LogP contribution in [-0.4, -0.2) is 44.1 Å². The van der Waals surface area contributed by atoms with Crippen LogP contribution in [0.4, 0.5) is 0 Å². The monoisotopic (exact) mass is 349 g/mol. The summed E-state index contributed by atoms with van der Waals surface area (Å²) in [5.74, 6) is 1.23. The first-order valence-corrected chi connectivity index (χ1v) is 8.67. The highest BCUT2D eigenvalue weighted by Crippen LogP contribution is 2.29. The summed E-state index contributed by atoms with van der Waals surface area (Å²) in [6, 6.07) is 9.37. The van der Waals surface area contributed by atoms with Crippen LogP contribution in [0.1, 0.15) is 40.7 Å². The van der Waals surface area contributed by atoms with E-state index in [9.17, 15) is 4.79 Å². The van der Waals surface area contributed by atoms with Gasteiger partial charge >= 0.3 is 0 Å². The highest BCUT2D eigenvalue weighted by Gasteiger charge is 2.28. The van der Waals surface area contributed by atoms with Gasteiger partial charge < -0.3 is 9.32 Å². The van der Waals surface area contributed by atoms with Gasteiger partial charge in [-0.25, -0.2) is 4.98 Å². The van der Waals surface area contributed by atoms with Crippen molar-refractivity contribution < 1.29 is 9.21 Å². The van der Waals surface area contributed by atoms with Crippen molar-refractivity contribution in [3.8, 4) is 11.6 Å². The molecule has 7 heteroatoms. The predicted octanol–water partition coefficient (Wildman–Crippen LogP) is 2.85. The third kappa shape index (κ3) is 3.33. The molecule has 0 bridgehead atoms. The van der Waals surface area contributed by atoms with Crippen molar-refractivity contribution in [2.24, 2.45) is 0 Å². The Morgan fingerprint density at radius 3 is 2.54 bits per heavy atom. The third-order valence-electron chi connectivity index (χ3n) is 4.59. The Labute approximate surface area is 151 Å². The van der Waals surface area contributed by atoms with Gasteiger partial charge in [0.25, 0.3) is 11.8 Å². The second kappa shape index (κ2) is 7.03. The second-order valence-corrected chi connectivity index (χ2v) is 6.42. The highest BCUT2D eigenvalue weighted by molar-refractivity contribution is 5.94. The number of carbonyl (C=O) groups excluding carboxylic acids is 1. The van der Waals surface area contributed by atoms with Gasteiger partial charge in [0.1, 0.15) is 5.69 Å². The van der Waals surface area contributed by atoms with E-state index in [-0.39, 0.29) is 11.8 Å². The molecule has 1 aliphatic rings. The lowest BCUT2D eigenvalue weighted by atomic mass is 9.96. The molecule has 2 aromatic heterocycles. The number of hydrogen-bond acceptors (Lipinski definition) is 6. The molecule has 0 radical (unpaired) electrons. The van der Waals surface area contributed by atoms with Crippen molar-refractivity contribution in [2.45, 2.75) is 25.7 Å². The average molecular weight is 349 g/mol. The quantitative estimate of drug-likeness (QED) is 0.723. The molecule has 132 valence electrons. The first-order valence-electron chi connectivity index (χ1n) is 8.67. The van der Waals surface area contributed by atoms with Gasteiger partial charge in [-0.15, -0.1) is 10.2 Å². The van der Waals surface area contributed by atoms with Gasteiger partial charge in [0.05, 0.1) is 11.9 Å². The van der Waals surface area contributed by atoms with Crippen LogP contribution in [0.2, 0.25) is 0 Å². The van der Waals surface area contributed by atoms with E-state index < -0.39 is 0 Å². The van der Waals surface area contributed by atoms with E-state index in [1.165, 1.54) is 0 Å². The van der Waals surface area contributed by atoms with Crippen molar-refractivity contribution in [1.29, 1.82) is 0 Å². The molecule has 4 rings (SSSR count). The summed E-state index contributed by atoms with van der Waals surface area (Å²) in [4.78, 5) is 22.9. The molecule has 0 N–H and O–H groups in total. The highest BCUT2D eigenvalue weighted by atomic mass is 16.4. The zero-order valence-corrected chi connectivity index (χ0v) is 14.5. The number of piperidine rings is 1. The summed E-state index contributed by atoms with van der Waals surface area (Å²) >= 11 is 0. The van der Waals surface area contributed by atoms with Crippen LogP contribution in [0.25, 0.3) is 11.6 Å². The predicted molar refractivity (Wildman–Crippen MR) is 94.4 cm³/mol. The molecule has 0 atom stereocenters. The van der Waals surface area contributed by atoms with Gasteiger partial charge in [-0.2, -0.15) is 0 Å². The number of carbonyl (C=O) groups is 1. The summed E-state index contributed by atoms with van der Waals surface area (Å²) in [5.41, 5.74) is 2.14. The molecule has 1 aliphatic heterocycles. The molecule has 1 amide bonds. The second-order valence-electron chi connectivity index (χ2n) is 6.42. The average Bonchev–Trinajstić information content (AvgIpc) is 3.19. The molecular formula is C19H19N5O2. The zero-order chi connectivity index (χ0) is 17.9. The van der Waals surface area contributed by atoms with Crippen LogP contribution in [0, 0.1) is 6.92 Å². The van der Waals surface area contributed by atoms with E-state index in [1.807, 2.05) is 42.2 Å². The number of aryl methyl sites for hydroxylation is 1. The smallest absolute Gasteiger partial charge is 0.267 e. The van der Waals surface area contributed by atoms with Crippen LogP contribution in [-0.2, 0) is 0 Å². The van der Waals surface area contributed by atoms with Crippen LogP contribution >= 0.6 is 0 Å². The molecule has 3 aromatic rings. The van der Waals surface area contributed by atoms with E-state index >= 15 is 0 Å². The number of amides is 1. The van der Waals surface area contributed by atoms with E-state index in [0.717, 1.165) is 24.1 Å². The van der Waals surface area contributed by atoms with E-state index in [0.29, 0.717) is 30.6 Å². The van der Waals surface area contributed by atoms with E-state index in [4.69, 9.17) is 4.42 Å². The molecule has 0 aliphatic carbocycles. The first-order chi connectivity index (χ1) is 12.7. The number of likely N-dealkylation sites (tertiary alicyclic amines) is 1. The minimum atomic E-state index is 0.0743. The lowest BCUT2D eigenvalue weighted by Crippen LogP contribution is -2.37. The standard InChI is InChI=1S/C19H19N5O2/c1-13-11-21-16(12-20-13)18-23-22-17(26-18)14-7-9-24(10-8-14)19(25)15-5-3-2-4-6-15/h2-6,11-12,14H,7-10H2,1H3. The zero-order valence-electron chi connectivity index (χ0n) is 14.5. The molecule has 0 spiro atoms. The fraction of sp³-hybridized carbons (Fsp3) is 0.316. The Kier molecular flexibility index (Phi) is 4.43. The molecule has 0 unspecified atom stereocenters. The molecular weight excluding hydrogens is 330 g/mol. The SMILES string of the molecule is Cc1cnc(-c2nnc(C3CCN(C(=O)c4ccccc4)CC3)o2)cn1. The van der Waals surface area contributed by atoms with E-state index in [1.54, 1.807) is 12.4 Å². The van der Waals surface area contributed by atoms with Gasteiger partial charge in [-0.3, -0.25) is 9.78 Å². The summed E-state index contributed by atoms with van der Waals surface area (Å²) in [6.07, 6.45) is 4.92. The number of rotatable bonds is 3. The molecule has 7 nitrogen and oxygen atoms in total. The van der Waals surface area contributed by atoms with Crippen molar-refractivity contribution >= 4 is 5.91 Å². The van der Waals surface area contributed by atoms with Gasteiger partial charge in [-0.1, -0.05) is 18.2 Å². The van der Waals surface area contributed by atoms with Crippen LogP contribution < -0.4 is 0 Å². The lowest BCUT2D eigenvalue weighted by Gasteiger charge is -2.30. The largest absolute Gasteiger partial charge is 0.419 e. The molecule has 26 heavy (non-hydrogen) atoms. The summed E-state index contributed by atoms with van der Waals surface area (Å²) in [6.45, 7) is 3.24. The van der Waals surface area contributed by atoms with Crippen LogP contribution in [0.5, 0.6) is 0 Å². The number of benzene rings is 1. The lowest BCUT2D eigenvalue weighted by molar-refractivity contribution is 0.0706. The summed E-state index contributed by atoms with van der Waals surface area (Å²) < 4.78 is 5.80. The number of aromatic nitrogens is 4. The Bertz CT molecular complexity index is 884. The van der Waals surface area contributed by atoms with Gasteiger partial charge in [0.15, 0.2) is 0 Å². The van der Waals surface area contributed by atoms with Crippen LogP contribution in [0.15, 0.2) is 47.1 Å². The maximum Gasteiger partial charge on any atom is 0.267 e. The maximum atomic E-state index is 12.5. The van der Waals surface area contributed by atoms with Gasteiger partial charge in [0.2, 0.25) is 5.89 Å². The molecule has 1 fully saturated rings. The Morgan fingerprint density at radius 2 is 1.85 bits per heavy atom. The van der Waals surface area contributed by atoms with Crippen molar-refractivity contribution in [3.63, 3.8) is 0 Å². The third-order valence-corrected chi connectivity index (χ3v) is 4.59. The molecule has 1 saturated heterocycles. The fourth-order valence-corrected chi connectivity index (χ4v) is 3.10. The molecule has 0 saturated carbocycles.